The second-order valence-corrected chi connectivity index (χ2v) is 4.43. The number of aliphatic hydroxyl groups excluding tert-OH is 1. The van der Waals surface area contributed by atoms with Crippen molar-refractivity contribution in [1.82, 2.24) is 10.2 Å². The summed E-state index contributed by atoms with van der Waals surface area (Å²) in [6.45, 7) is 2.13. The minimum absolute atomic E-state index is 0.0103. The second-order valence-electron chi connectivity index (χ2n) is 4.43. The second kappa shape index (κ2) is 7.17. The fourth-order valence-electron chi connectivity index (χ4n) is 1.94. The molecule has 7 nitrogen and oxygen atoms in total. The molecular weight excluding hydrogens is 240 g/mol. The van der Waals surface area contributed by atoms with Crippen molar-refractivity contribution in [2.75, 3.05) is 33.4 Å². The molecule has 0 aromatic carbocycles. The van der Waals surface area contributed by atoms with Crippen molar-refractivity contribution in [1.29, 1.82) is 0 Å². The molecule has 1 heterocycles. The minimum Gasteiger partial charge on any atom is -0.479 e. The topological polar surface area (TPSA) is 99.1 Å². The predicted octanol–water partition coefficient (Wildman–Crippen LogP) is -0.500. The molecule has 7 heteroatoms. The van der Waals surface area contributed by atoms with Gasteiger partial charge in [-0.25, -0.2) is 9.59 Å². The van der Waals surface area contributed by atoms with Gasteiger partial charge in [0.05, 0.1) is 6.61 Å². The van der Waals surface area contributed by atoms with Gasteiger partial charge in [0.15, 0.2) is 6.10 Å². The van der Waals surface area contributed by atoms with E-state index in [1.54, 1.807) is 12.0 Å². The largest absolute Gasteiger partial charge is 0.479 e. The Hall–Kier alpha value is -1.34. The number of aliphatic carboxylic acids is 1. The number of aliphatic hydroxyl groups is 1. The molecule has 1 rings (SSSR count). The van der Waals surface area contributed by atoms with Gasteiger partial charge in [-0.2, -0.15) is 0 Å². The fourth-order valence-corrected chi connectivity index (χ4v) is 1.94. The van der Waals surface area contributed by atoms with Crippen molar-refractivity contribution in [3.63, 3.8) is 0 Å². The van der Waals surface area contributed by atoms with Gasteiger partial charge in [0, 0.05) is 39.1 Å². The Balaban J connectivity index is 2.20. The summed E-state index contributed by atoms with van der Waals surface area (Å²) in [7, 11) is 1.63. The average molecular weight is 260 g/mol. The zero-order valence-corrected chi connectivity index (χ0v) is 10.5. The van der Waals surface area contributed by atoms with Gasteiger partial charge in [-0.1, -0.05) is 0 Å². The first-order valence-corrected chi connectivity index (χ1v) is 5.97. The normalized spacial score (nSPS) is 20.8. The minimum atomic E-state index is -1.43. The predicted molar refractivity (Wildman–Crippen MR) is 63.2 cm³/mol. The number of hydrogen-bond donors (Lipinski definition) is 3. The first-order valence-electron chi connectivity index (χ1n) is 5.97. The monoisotopic (exact) mass is 260 g/mol. The van der Waals surface area contributed by atoms with Crippen LogP contribution in [0.15, 0.2) is 0 Å². The summed E-state index contributed by atoms with van der Waals surface area (Å²) < 4.78 is 5.04. The van der Waals surface area contributed by atoms with Gasteiger partial charge in [-0.3, -0.25) is 0 Å². The molecule has 2 amide bonds. The van der Waals surface area contributed by atoms with E-state index < -0.39 is 12.1 Å². The summed E-state index contributed by atoms with van der Waals surface area (Å²) in [5.74, 6) is -0.907. The summed E-state index contributed by atoms with van der Waals surface area (Å²) in [6.07, 6.45) is -0.500. The number of likely N-dealkylation sites (tertiary alicyclic amines) is 1. The van der Waals surface area contributed by atoms with Crippen molar-refractivity contribution in [2.45, 2.75) is 18.9 Å². The van der Waals surface area contributed by atoms with Crippen molar-refractivity contribution in [3.8, 4) is 0 Å². The molecule has 0 aromatic heterocycles. The lowest BCUT2D eigenvalue weighted by Crippen LogP contribution is -2.40. The molecule has 1 aliphatic rings. The van der Waals surface area contributed by atoms with Gasteiger partial charge in [0.25, 0.3) is 0 Å². The summed E-state index contributed by atoms with van der Waals surface area (Å²) in [4.78, 5) is 23.7. The number of carboxylic acid groups (broad SMARTS) is 1. The molecule has 104 valence electrons. The van der Waals surface area contributed by atoms with E-state index in [4.69, 9.17) is 14.9 Å². The van der Waals surface area contributed by atoms with Crippen LogP contribution in [0.1, 0.15) is 12.8 Å². The highest BCUT2D eigenvalue weighted by Gasteiger charge is 2.26. The molecule has 0 bridgehead atoms. The Kier molecular flexibility index (Phi) is 5.87. The number of urea groups is 1. The van der Waals surface area contributed by atoms with Crippen molar-refractivity contribution >= 4 is 12.0 Å². The van der Waals surface area contributed by atoms with Gasteiger partial charge in [0.2, 0.25) is 0 Å². The van der Waals surface area contributed by atoms with Gasteiger partial charge in [-0.15, -0.1) is 0 Å². The van der Waals surface area contributed by atoms with Crippen LogP contribution >= 0.6 is 0 Å². The third-order valence-corrected chi connectivity index (χ3v) is 2.95. The Bertz CT molecular complexity index is 297. The highest BCUT2D eigenvalue weighted by Crippen LogP contribution is 2.16. The Morgan fingerprint density at radius 3 is 2.89 bits per heavy atom. The van der Waals surface area contributed by atoms with E-state index in [0.29, 0.717) is 25.6 Å². The van der Waals surface area contributed by atoms with Crippen LogP contribution in [0.3, 0.4) is 0 Å². The molecule has 18 heavy (non-hydrogen) atoms. The van der Waals surface area contributed by atoms with Crippen LogP contribution in [0.5, 0.6) is 0 Å². The summed E-state index contributed by atoms with van der Waals surface area (Å²) in [5, 5.41) is 20.1. The van der Waals surface area contributed by atoms with Gasteiger partial charge in [0.1, 0.15) is 0 Å². The van der Waals surface area contributed by atoms with Crippen molar-refractivity contribution in [2.24, 2.45) is 5.92 Å². The van der Waals surface area contributed by atoms with E-state index in [2.05, 4.69) is 5.32 Å². The van der Waals surface area contributed by atoms with E-state index in [0.717, 1.165) is 6.42 Å². The Morgan fingerprint density at radius 2 is 2.28 bits per heavy atom. The zero-order chi connectivity index (χ0) is 13.5. The molecule has 1 fully saturated rings. The maximum Gasteiger partial charge on any atom is 0.332 e. The van der Waals surface area contributed by atoms with Crippen molar-refractivity contribution < 1.29 is 24.5 Å². The molecule has 0 radical (unpaired) electrons. The number of nitrogens with zero attached hydrogens (tertiary/aromatic N) is 1. The molecule has 1 aliphatic heterocycles. The molecule has 2 atom stereocenters. The van der Waals surface area contributed by atoms with Crippen LogP contribution in [0.4, 0.5) is 4.79 Å². The van der Waals surface area contributed by atoms with E-state index in [1.165, 1.54) is 0 Å². The third kappa shape index (κ3) is 4.50. The van der Waals surface area contributed by atoms with Crippen LogP contribution in [-0.4, -0.2) is 66.6 Å². The number of hydrogen-bond acceptors (Lipinski definition) is 4. The van der Waals surface area contributed by atoms with Crippen molar-refractivity contribution in [3.05, 3.63) is 0 Å². The molecule has 0 spiro atoms. The standard InChI is InChI=1S/C11H20N2O5/c1-18-7-8-3-5-13(6-8)11(17)12-4-2-9(14)10(15)16/h8-9,14H,2-7H2,1H3,(H,12,17)(H,15,16). The molecule has 0 aromatic rings. The lowest BCUT2D eigenvalue weighted by atomic mass is 10.1. The smallest absolute Gasteiger partial charge is 0.332 e. The molecule has 1 saturated heterocycles. The highest BCUT2D eigenvalue weighted by molar-refractivity contribution is 5.75. The lowest BCUT2D eigenvalue weighted by molar-refractivity contribution is -0.146. The zero-order valence-electron chi connectivity index (χ0n) is 10.5. The van der Waals surface area contributed by atoms with Gasteiger partial charge in [-0.05, 0) is 6.42 Å². The number of carbonyl (C=O) groups is 2. The number of methoxy groups -OCH3 is 1. The number of rotatable bonds is 6. The first kappa shape index (κ1) is 14.7. The molecule has 0 aliphatic carbocycles. The van der Waals surface area contributed by atoms with E-state index in [-0.39, 0.29) is 19.0 Å². The number of amides is 2. The Morgan fingerprint density at radius 1 is 1.56 bits per heavy atom. The fraction of sp³-hybridized carbons (Fsp3) is 0.818. The summed E-state index contributed by atoms with van der Waals surface area (Å²) in [6, 6.07) is -0.216. The first-order chi connectivity index (χ1) is 8.54. The Labute approximate surface area is 106 Å². The van der Waals surface area contributed by atoms with Crippen LogP contribution in [0.25, 0.3) is 0 Å². The van der Waals surface area contributed by atoms with Crippen LogP contribution < -0.4 is 5.32 Å². The van der Waals surface area contributed by atoms with Crippen LogP contribution in [0.2, 0.25) is 0 Å². The maximum atomic E-state index is 11.7. The molecule has 3 N–H and O–H groups in total. The summed E-state index contributed by atoms with van der Waals surface area (Å²) >= 11 is 0. The van der Waals surface area contributed by atoms with Gasteiger partial charge < -0.3 is 25.2 Å². The SMILES string of the molecule is COCC1CCN(C(=O)NCCC(O)C(=O)O)C1. The molecular formula is C11H20N2O5. The lowest BCUT2D eigenvalue weighted by Gasteiger charge is -2.17. The van der Waals surface area contributed by atoms with E-state index >= 15 is 0 Å². The number of nitrogens with one attached hydrogen (secondary N) is 1. The van der Waals surface area contributed by atoms with Crippen LogP contribution in [0, 0.1) is 5.92 Å². The maximum absolute atomic E-state index is 11.7. The quantitative estimate of drug-likeness (QED) is 0.598. The average Bonchev–Trinajstić information content (AvgIpc) is 2.77. The van der Waals surface area contributed by atoms with Crippen LogP contribution in [-0.2, 0) is 9.53 Å². The highest BCUT2D eigenvalue weighted by atomic mass is 16.5. The summed E-state index contributed by atoms with van der Waals surface area (Å²) in [5.41, 5.74) is 0. The number of carbonyl (C=O) groups excluding carboxylic acids is 1. The van der Waals surface area contributed by atoms with E-state index in [1.807, 2.05) is 0 Å². The third-order valence-electron chi connectivity index (χ3n) is 2.95. The molecule has 2 unspecified atom stereocenters. The molecule has 0 saturated carbocycles. The van der Waals surface area contributed by atoms with Gasteiger partial charge >= 0.3 is 12.0 Å². The number of ether oxygens (including phenoxy) is 1. The van der Waals surface area contributed by atoms with E-state index in [9.17, 15) is 9.59 Å². The number of carboxylic acids is 1.